The Morgan fingerprint density at radius 2 is 1.65 bits per heavy atom. The standard InChI is InChI=1S/C17H31N3/c1-5-19(6-2)13-10-14-20(7-3)17-12-9-8-11-16(17)15(4)18/h8-9,11-12,15H,5-7,10,13-14,18H2,1-4H3/t15-/m1/s1. The summed E-state index contributed by atoms with van der Waals surface area (Å²) in [6.45, 7) is 14.3. The lowest BCUT2D eigenvalue weighted by atomic mass is 10.1. The molecule has 3 heteroatoms. The predicted octanol–water partition coefficient (Wildman–Crippen LogP) is 3.26. The van der Waals surface area contributed by atoms with Crippen molar-refractivity contribution >= 4 is 5.69 Å². The normalized spacial score (nSPS) is 12.7. The Kier molecular flexibility index (Phi) is 7.63. The molecule has 2 N–H and O–H groups in total. The largest absolute Gasteiger partial charge is 0.371 e. The van der Waals surface area contributed by atoms with E-state index in [1.165, 1.54) is 24.2 Å². The fourth-order valence-corrected chi connectivity index (χ4v) is 2.63. The fraction of sp³-hybridized carbons (Fsp3) is 0.647. The molecule has 0 saturated carbocycles. The Morgan fingerprint density at radius 3 is 2.20 bits per heavy atom. The molecule has 0 aliphatic heterocycles. The van der Waals surface area contributed by atoms with Crippen molar-refractivity contribution in [2.45, 2.75) is 40.2 Å². The molecule has 0 aliphatic carbocycles. The van der Waals surface area contributed by atoms with Crippen LogP contribution in [0.1, 0.15) is 45.7 Å². The van der Waals surface area contributed by atoms with Crippen molar-refractivity contribution in [2.75, 3.05) is 37.6 Å². The Morgan fingerprint density at radius 1 is 1.00 bits per heavy atom. The van der Waals surface area contributed by atoms with E-state index in [-0.39, 0.29) is 6.04 Å². The molecule has 0 unspecified atom stereocenters. The molecule has 0 amide bonds. The Balaban J connectivity index is 2.67. The van der Waals surface area contributed by atoms with E-state index in [0.717, 1.165) is 26.2 Å². The summed E-state index contributed by atoms with van der Waals surface area (Å²) < 4.78 is 0. The number of hydrogen-bond acceptors (Lipinski definition) is 3. The van der Waals surface area contributed by atoms with Gasteiger partial charge in [-0.2, -0.15) is 0 Å². The van der Waals surface area contributed by atoms with Gasteiger partial charge in [-0.3, -0.25) is 0 Å². The van der Waals surface area contributed by atoms with Crippen molar-refractivity contribution in [2.24, 2.45) is 5.73 Å². The van der Waals surface area contributed by atoms with Crippen LogP contribution in [-0.2, 0) is 0 Å². The van der Waals surface area contributed by atoms with Crippen molar-refractivity contribution in [3.63, 3.8) is 0 Å². The molecule has 1 aromatic rings. The average Bonchev–Trinajstić information content (AvgIpc) is 2.47. The summed E-state index contributed by atoms with van der Waals surface area (Å²) in [5.41, 5.74) is 8.64. The minimum absolute atomic E-state index is 0.0861. The average molecular weight is 277 g/mol. The summed E-state index contributed by atoms with van der Waals surface area (Å²) in [4.78, 5) is 4.92. The molecule has 20 heavy (non-hydrogen) atoms. The number of benzene rings is 1. The number of para-hydroxylation sites is 1. The molecular formula is C17H31N3. The zero-order chi connectivity index (χ0) is 15.0. The lowest BCUT2D eigenvalue weighted by Gasteiger charge is -2.28. The molecule has 0 heterocycles. The molecule has 0 spiro atoms. The van der Waals surface area contributed by atoms with Gasteiger partial charge in [-0.15, -0.1) is 0 Å². The van der Waals surface area contributed by atoms with E-state index >= 15 is 0 Å². The predicted molar refractivity (Wildman–Crippen MR) is 89.3 cm³/mol. The van der Waals surface area contributed by atoms with Crippen LogP contribution < -0.4 is 10.6 Å². The minimum atomic E-state index is 0.0861. The van der Waals surface area contributed by atoms with E-state index in [9.17, 15) is 0 Å². The van der Waals surface area contributed by atoms with E-state index in [0.29, 0.717) is 0 Å². The molecule has 3 nitrogen and oxygen atoms in total. The lowest BCUT2D eigenvalue weighted by Crippen LogP contribution is -2.30. The molecule has 0 fully saturated rings. The number of hydrogen-bond donors (Lipinski definition) is 1. The molecule has 0 aromatic heterocycles. The minimum Gasteiger partial charge on any atom is -0.371 e. The molecular weight excluding hydrogens is 246 g/mol. The molecule has 114 valence electrons. The van der Waals surface area contributed by atoms with Crippen molar-refractivity contribution in [3.8, 4) is 0 Å². The Bertz CT molecular complexity index is 372. The molecule has 1 aromatic carbocycles. The van der Waals surface area contributed by atoms with Crippen LogP contribution in [0.4, 0.5) is 5.69 Å². The van der Waals surface area contributed by atoms with E-state index < -0.39 is 0 Å². The molecule has 0 aliphatic rings. The third-order valence-electron chi connectivity index (χ3n) is 3.95. The van der Waals surface area contributed by atoms with Crippen LogP contribution in [0.15, 0.2) is 24.3 Å². The van der Waals surface area contributed by atoms with Crippen molar-refractivity contribution in [1.82, 2.24) is 4.90 Å². The number of anilines is 1. The first-order valence-corrected chi connectivity index (χ1v) is 7.95. The van der Waals surface area contributed by atoms with Gasteiger partial charge in [0.25, 0.3) is 0 Å². The third-order valence-corrected chi connectivity index (χ3v) is 3.95. The smallest absolute Gasteiger partial charge is 0.0414 e. The highest BCUT2D eigenvalue weighted by Crippen LogP contribution is 2.25. The first-order valence-electron chi connectivity index (χ1n) is 7.95. The monoisotopic (exact) mass is 277 g/mol. The first kappa shape index (κ1) is 17.0. The van der Waals surface area contributed by atoms with Crippen LogP contribution in [-0.4, -0.2) is 37.6 Å². The van der Waals surface area contributed by atoms with Gasteiger partial charge in [0.05, 0.1) is 0 Å². The highest BCUT2D eigenvalue weighted by molar-refractivity contribution is 5.54. The van der Waals surface area contributed by atoms with Crippen LogP contribution in [0.3, 0.4) is 0 Å². The van der Waals surface area contributed by atoms with Gasteiger partial charge in [0.15, 0.2) is 0 Å². The summed E-state index contributed by atoms with van der Waals surface area (Å²) in [6.07, 6.45) is 1.20. The van der Waals surface area contributed by atoms with E-state index in [1.807, 2.05) is 0 Å². The van der Waals surface area contributed by atoms with Crippen molar-refractivity contribution < 1.29 is 0 Å². The molecule has 0 radical (unpaired) electrons. The van der Waals surface area contributed by atoms with Gasteiger partial charge in [0.1, 0.15) is 0 Å². The summed E-state index contributed by atoms with van der Waals surface area (Å²) in [6, 6.07) is 8.61. The second-order valence-electron chi connectivity index (χ2n) is 5.31. The van der Waals surface area contributed by atoms with Crippen molar-refractivity contribution in [1.29, 1.82) is 0 Å². The van der Waals surface area contributed by atoms with Gasteiger partial charge < -0.3 is 15.5 Å². The maximum Gasteiger partial charge on any atom is 0.0414 e. The van der Waals surface area contributed by atoms with E-state index in [2.05, 4.69) is 61.8 Å². The van der Waals surface area contributed by atoms with Gasteiger partial charge >= 0.3 is 0 Å². The van der Waals surface area contributed by atoms with Crippen LogP contribution >= 0.6 is 0 Å². The topological polar surface area (TPSA) is 32.5 Å². The number of nitrogens with two attached hydrogens (primary N) is 1. The van der Waals surface area contributed by atoms with Crippen molar-refractivity contribution in [3.05, 3.63) is 29.8 Å². The van der Waals surface area contributed by atoms with Crippen LogP contribution in [0, 0.1) is 0 Å². The highest BCUT2D eigenvalue weighted by Gasteiger charge is 2.12. The maximum absolute atomic E-state index is 6.09. The Hall–Kier alpha value is -1.06. The SMILES string of the molecule is CCN(CC)CCCN(CC)c1ccccc1[C@@H](C)N. The van der Waals surface area contributed by atoms with Gasteiger partial charge in [-0.05, 0) is 51.5 Å². The van der Waals surface area contributed by atoms with Crippen LogP contribution in [0.5, 0.6) is 0 Å². The first-order chi connectivity index (χ1) is 9.63. The van der Waals surface area contributed by atoms with E-state index in [1.54, 1.807) is 0 Å². The quantitative estimate of drug-likeness (QED) is 0.752. The van der Waals surface area contributed by atoms with Crippen LogP contribution in [0.2, 0.25) is 0 Å². The highest BCUT2D eigenvalue weighted by atomic mass is 15.1. The second-order valence-corrected chi connectivity index (χ2v) is 5.31. The zero-order valence-electron chi connectivity index (χ0n) is 13.6. The fourth-order valence-electron chi connectivity index (χ4n) is 2.63. The molecule has 1 rings (SSSR count). The zero-order valence-corrected chi connectivity index (χ0v) is 13.6. The Labute approximate surface area is 124 Å². The van der Waals surface area contributed by atoms with Gasteiger partial charge in [-0.25, -0.2) is 0 Å². The van der Waals surface area contributed by atoms with Gasteiger partial charge in [-0.1, -0.05) is 32.0 Å². The second kappa shape index (κ2) is 8.98. The van der Waals surface area contributed by atoms with Crippen LogP contribution in [0.25, 0.3) is 0 Å². The third kappa shape index (κ3) is 4.80. The summed E-state index contributed by atoms with van der Waals surface area (Å²) in [7, 11) is 0. The summed E-state index contributed by atoms with van der Waals surface area (Å²) >= 11 is 0. The van der Waals surface area contributed by atoms with Gasteiger partial charge in [0, 0.05) is 24.8 Å². The molecule has 0 saturated heterocycles. The molecule has 0 bridgehead atoms. The summed E-state index contributed by atoms with van der Waals surface area (Å²) in [5, 5.41) is 0. The number of nitrogens with zero attached hydrogens (tertiary/aromatic N) is 2. The van der Waals surface area contributed by atoms with E-state index in [4.69, 9.17) is 5.73 Å². The molecule has 1 atom stereocenters. The van der Waals surface area contributed by atoms with Gasteiger partial charge in [0.2, 0.25) is 0 Å². The summed E-state index contributed by atoms with van der Waals surface area (Å²) in [5.74, 6) is 0. The number of rotatable bonds is 9. The lowest BCUT2D eigenvalue weighted by molar-refractivity contribution is 0.300. The maximum atomic E-state index is 6.09.